The molecule has 1 aliphatic carbocycles. The molecule has 0 heterocycles. The van der Waals surface area contributed by atoms with E-state index < -0.39 is 18.6 Å². The number of carbonyl (C=O) groups is 2. The van der Waals surface area contributed by atoms with Crippen LogP contribution >= 0.6 is 0 Å². The number of nitrogens with one attached hydrogen (secondary N) is 2. The third-order valence-electron chi connectivity index (χ3n) is 2.78. The van der Waals surface area contributed by atoms with Crippen LogP contribution in [-0.2, 0) is 14.4 Å². The molecule has 1 saturated carbocycles. The van der Waals surface area contributed by atoms with Gasteiger partial charge in [0.05, 0.1) is 0 Å². The standard InChI is InChI=1S/C10H18N2O5/c1-16-5-4-10(2-3-10)7-11-9(15)12-17-6-8(13)14/h2-7H2,1H3,(H,13,14)(H2,11,12,15). The number of hydroxylamine groups is 1. The maximum atomic E-state index is 11.2. The van der Waals surface area contributed by atoms with E-state index in [4.69, 9.17) is 9.84 Å². The number of hydrogen-bond acceptors (Lipinski definition) is 4. The molecule has 0 aliphatic heterocycles. The van der Waals surface area contributed by atoms with Gasteiger partial charge in [-0.15, -0.1) is 0 Å². The molecular formula is C10H18N2O5. The van der Waals surface area contributed by atoms with Crippen molar-refractivity contribution in [3.05, 3.63) is 0 Å². The summed E-state index contributed by atoms with van der Waals surface area (Å²) in [6.07, 6.45) is 3.07. The monoisotopic (exact) mass is 246 g/mol. The molecule has 0 aromatic rings. The highest BCUT2D eigenvalue weighted by Gasteiger charge is 2.42. The van der Waals surface area contributed by atoms with Gasteiger partial charge in [0.15, 0.2) is 6.61 Å². The topological polar surface area (TPSA) is 96.9 Å². The van der Waals surface area contributed by atoms with Crippen molar-refractivity contribution in [2.24, 2.45) is 5.41 Å². The molecule has 2 amide bonds. The number of aliphatic carboxylic acids is 1. The lowest BCUT2D eigenvalue weighted by atomic mass is 10.0. The Hall–Kier alpha value is -1.34. The minimum absolute atomic E-state index is 0.153. The zero-order valence-corrected chi connectivity index (χ0v) is 9.82. The fourth-order valence-corrected chi connectivity index (χ4v) is 1.48. The first-order valence-electron chi connectivity index (χ1n) is 5.44. The largest absolute Gasteiger partial charge is 0.479 e. The van der Waals surface area contributed by atoms with Gasteiger partial charge in [-0.05, 0) is 24.7 Å². The Morgan fingerprint density at radius 1 is 1.41 bits per heavy atom. The quantitative estimate of drug-likeness (QED) is 0.528. The van der Waals surface area contributed by atoms with E-state index in [-0.39, 0.29) is 5.41 Å². The summed E-state index contributed by atoms with van der Waals surface area (Å²) < 4.78 is 5.00. The minimum Gasteiger partial charge on any atom is -0.479 e. The van der Waals surface area contributed by atoms with Crippen molar-refractivity contribution in [1.82, 2.24) is 10.8 Å². The lowest BCUT2D eigenvalue weighted by molar-refractivity contribution is -0.144. The van der Waals surface area contributed by atoms with E-state index in [1.54, 1.807) is 7.11 Å². The van der Waals surface area contributed by atoms with E-state index in [2.05, 4.69) is 10.2 Å². The smallest absolute Gasteiger partial charge is 0.338 e. The van der Waals surface area contributed by atoms with Crippen LogP contribution in [0.4, 0.5) is 4.79 Å². The fourth-order valence-electron chi connectivity index (χ4n) is 1.48. The molecule has 0 unspecified atom stereocenters. The van der Waals surface area contributed by atoms with Gasteiger partial charge in [-0.3, -0.25) is 4.84 Å². The summed E-state index contributed by atoms with van der Waals surface area (Å²) in [6, 6.07) is -0.519. The molecule has 7 heteroatoms. The summed E-state index contributed by atoms with van der Waals surface area (Å²) in [5.74, 6) is -1.14. The van der Waals surface area contributed by atoms with Crippen LogP contribution in [0.1, 0.15) is 19.3 Å². The van der Waals surface area contributed by atoms with Crippen molar-refractivity contribution in [3.63, 3.8) is 0 Å². The maximum absolute atomic E-state index is 11.2. The number of carboxylic acid groups (broad SMARTS) is 1. The summed E-state index contributed by atoms with van der Waals surface area (Å²) in [4.78, 5) is 25.8. The Morgan fingerprint density at radius 3 is 2.65 bits per heavy atom. The molecule has 0 saturated heterocycles. The van der Waals surface area contributed by atoms with Crippen LogP contribution in [-0.4, -0.2) is 44.0 Å². The Morgan fingerprint density at radius 2 is 2.12 bits per heavy atom. The Kier molecular flexibility index (Phi) is 5.17. The molecule has 1 rings (SSSR count). The normalized spacial score (nSPS) is 16.3. The van der Waals surface area contributed by atoms with Crippen molar-refractivity contribution in [3.8, 4) is 0 Å². The second-order valence-electron chi connectivity index (χ2n) is 4.21. The molecular weight excluding hydrogens is 228 g/mol. The van der Waals surface area contributed by atoms with Crippen LogP contribution in [0.25, 0.3) is 0 Å². The first-order chi connectivity index (χ1) is 8.08. The predicted molar refractivity (Wildman–Crippen MR) is 58.3 cm³/mol. The van der Waals surface area contributed by atoms with Gasteiger partial charge in [-0.1, -0.05) is 0 Å². The van der Waals surface area contributed by atoms with Crippen molar-refractivity contribution >= 4 is 12.0 Å². The Balaban J connectivity index is 2.09. The van der Waals surface area contributed by atoms with Crippen molar-refractivity contribution in [2.75, 3.05) is 26.9 Å². The van der Waals surface area contributed by atoms with Crippen molar-refractivity contribution in [2.45, 2.75) is 19.3 Å². The summed E-state index contributed by atoms with van der Waals surface area (Å²) in [6.45, 7) is 0.680. The molecule has 0 aromatic carbocycles. The highest BCUT2D eigenvalue weighted by molar-refractivity contribution is 5.73. The molecule has 0 spiro atoms. The van der Waals surface area contributed by atoms with Crippen LogP contribution in [0.5, 0.6) is 0 Å². The van der Waals surface area contributed by atoms with Crippen LogP contribution in [0.3, 0.4) is 0 Å². The summed E-state index contributed by atoms with van der Waals surface area (Å²) in [5, 5.41) is 10.9. The second kappa shape index (κ2) is 6.41. The van der Waals surface area contributed by atoms with Crippen LogP contribution in [0.15, 0.2) is 0 Å². The summed E-state index contributed by atoms with van der Waals surface area (Å²) in [7, 11) is 1.65. The lowest BCUT2D eigenvalue weighted by Crippen LogP contribution is -2.39. The second-order valence-corrected chi connectivity index (χ2v) is 4.21. The average Bonchev–Trinajstić information content (AvgIpc) is 3.04. The van der Waals surface area contributed by atoms with Gasteiger partial charge in [0.2, 0.25) is 0 Å². The van der Waals surface area contributed by atoms with E-state index in [1.807, 2.05) is 5.48 Å². The molecule has 0 radical (unpaired) electrons. The van der Waals surface area contributed by atoms with E-state index in [1.165, 1.54) is 0 Å². The number of methoxy groups -OCH3 is 1. The maximum Gasteiger partial charge on any atom is 0.338 e. The van der Waals surface area contributed by atoms with E-state index in [0.717, 1.165) is 19.3 Å². The fraction of sp³-hybridized carbons (Fsp3) is 0.800. The number of hydrogen-bond donors (Lipinski definition) is 3. The molecule has 1 aliphatic rings. The molecule has 98 valence electrons. The van der Waals surface area contributed by atoms with Gasteiger partial charge in [-0.2, -0.15) is 0 Å². The molecule has 1 fully saturated rings. The number of carboxylic acids is 1. The van der Waals surface area contributed by atoms with Crippen molar-refractivity contribution < 1.29 is 24.3 Å². The van der Waals surface area contributed by atoms with Gasteiger partial charge in [-0.25, -0.2) is 15.1 Å². The van der Waals surface area contributed by atoms with Crippen molar-refractivity contribution in [1.29, 1.82) is 0 Å². The lowest BCUT2D eigenvalue weighted by Gasteiger charge is -2.15. The summed E-state index contributed by atoms with van der Waals surface area (Å²) >= 11 is 0. The van der Waals surface area contributed by atoms with Gasteiger partial charge >= 0.3 is 12.0 Å². The molecule has 7 nitrogen and oxygen atoms in total. The molecule has 3 N–H and O–H groups in total. The van der Waals surface area contributed by atoms with E-state index >= 15 is 0 Å². The number of amides is 2. The molecule has 0 aromatic heterocycles. The van der Waals surface area contributed by atoms with Crippen LogP contribution in [0, 0.1) is 5.41 Å². The highest BCUT2D eigenvalue weighted by atomic mass is 16.7. The van der Waals surface area contributed by atoms with Crippen LogP contribution < -0.4 is 10.8 Å². The zero-order chi connectivity index (χ0) is 12.7. The molecule has 17 heavy (non-hydrogen) atoms. The average molecular weight is 246 g/mol. The van der Waals surface area contributed by atoms with Gasteiger partial charge in [0, 0.05) is 20.3 Å². The van der Waals surface area contributed by atoms with E-state index in [9.17, 15) is 9.59 Å². The third kappa shape index (κ3) is 5.50. The Bertz CT molecular complexity index is 278. The van der Waals surface area contributed by atoms with Gasteiger partial charge < -0.3 is 15.2 Å². The van der Waals surface area contributed by atoms with Gasteiger partial charge in [0.1, 0.15) is 0 Å². The number of carbonyl (C=O) groups excluding carboxylic acids is 1. The zero-order valence-electron chi connectivity index (χ0n) is 9.82. The first kappa shape index (κ1) is 13.7. The molecule has 0 bridgehead atoms. The van der Waals surface area contributed by atoms with Crippen LogP contribution in [0.2, 0.25) is 0 Å². The SMILES string of the molecule is COCCC1(CNC(=O)NOCC(=O)O)CC1. The van der Waals surface area contributed by atoms with E-state index in [0.29, 0.717) is 13.2 Å². The minimum atomic E-state index is -1.14. The summed E-state index contributed by atoms with van der Waals surface area (Å²) in [5.41, 5.74) is 2.16. The number of ether oxygens (including phenoxy) is 1. The highest BCUT2D eigenvalue weighted by Crippen LogP contribution is 2.48. The number of urea groups is 1. The van der Waals surface area contributed by atoms with Gasteiger partial charge in [0.25, 0.3) is 0 Å². The third-order valence-corrected chi connectivity index (χ3v) is 2.78. The Labute approximate surface area is 99.4 Å². The predicted octanol–water partition coefficient (Wildman–Crippen LogP) is 0.118. The molecule has 0 atom stereocenters. The first-order valence-corrected chi connectivity index (χ1v) is 5.44. The number of rotatable bonds is 8.